The molecule has 2 aliphatic rings. The van der Waals surface area contributed by atoms with Crippen molar-refractivity contribution < 1.29 is 19.1 Å². The number of rotatable bonds is 6. The summed E-state index contributed by atoms with van der Waals surface area (Å²) in [5, 5.41) is 0. The number of hydrogen-bond donors (Lipinski definition) is 0. The molecule has 3 aromatic rings. The van der Waals surface area contributed by atoms with Gasteiger partial charge in [0.15, 0.2) is 11.5 Å². The molecule has 2 atom stereocenters. The fraction of sp³-hybridized carbons (Fsp3) is 0.310. The second-order valence-electron chi connectivity index (χ2n) is 9.16. The normalized spacial score (nSPS) is 19.4. The molecule has 6 heteroatoms. The highest BCUT2D eigenvalue weighted by molar-refractivity contribution is 5.90. The van der Waals surface area contributed by atoms with Crippen LogP contribution in [-0.2, 0) is 22.6 Å². The Bertz CT molecular complexity index is 1210. The van der Waals surface area contributed by atoms with E-state index in [2.05, 4.69) is 12.1 Å². The van der Waals surface area contributed by atoms with Gasteiger partial charge in [-0.05, 0) is 40.8 Å². The van der Waals surface area contributed by atoms with Crippen molar-refractivity contribution in [1.82, 2.24) is 9.80 Å². The monoisotopic (exact) mass is 470 g/mol. The molecule has 3 aromatic carbocycles. The number of fused-ring (bicyclic) bond motifs is 1. The molecule has 0 spiro atoms. The lowest BCUT2D eigenvalue weighted by molar-refractivity contribution is -0.137. The molecule has 35 heavy (non-hydrogen) atoms. The maximum Gasteiger partial charge on any atom is 0.228 e. The first-order valence-corrected chi connectivity index (χ1v) is 12.0. The van der Waals surface area contributed by atoms with Gasteiger partial charge >= 0.3 is 0 Å². The molecule has 0 aliphatic carbocycles. The second-order valence-corrected chi connectivity index (χ2v) is 9.16. The number of hydrogen-bond acceptors (Lipinski definition) is 4. The summed E-state index contributed by atoms with van der Waals surface area (Å²) < 4.78 is 11.1. The van der Waals surface area contributed by atoms with E-state index in [1.165, 1.54) is 0 Å². The molecule has 6 nitrogen and oxygen atoms in total. The molecule has 0 N–H and O–H groups in total. The van der Waals surface area contributed by atoms with Gasteiger partial charge in [-0.3, -0.25) is 9.59 Å². The lowest BCUT2D eigenvalue weighted by Crippen LogP contribution is -2.44. The number of ether oxygens (including phenoxy) is 2. The SMILES string of the molecule is COc1cc2c(cc1OC)C(c1ccccc1)N(C(=O)C1CC(=O)N(Cc3ccccc3)C1)CC2. The largest absolute Gasteiger partial charge is 0.493 e. The van der Waals surface area contributed by atoms with Crippen molar-refractivity contribution in [3.63, 3.8) is 0 Å². The van der Waals surface area contributed by atoms with E-state index in [1.807, 2.05) is 65.6 Å². The van der Waals surface area contributed by atoms with Gasteiger partial charge in [0.2, 0.25) is 11.8 Å². The standard InChI is InChI=1S/C29H30N2O4/c1-34-25-15-22-13-14-31(28(21-11-7-4-8-12-21)24(22)17-26(25)35-2)29(33)23-16-27(32)30(19-23)18-20-9-5-3-6-10-20/h3-12,15,17,23,28H,13-14,16,18-19H2,1-2H3. The third-order valence-corrected chi connectivity index (χ3v) is 7.05. The predicted octanol–water partition coefficient (Wildman–Crippen LogP) is 4.23. The van der Waals surface area contributed by atoms with Crippen molar-refractivity contribution in [1.29, 1.82) is 0 Å². The molecule has 2 amide bonds. The first-order chi connectivity index (χ1) is 17.1. The molecule has 2 heterocycles. The highest BCUT2D eigenvalue weighted by Gasteiger charge is 2.41. The summed E-state index contributed by atoms with van der Waals surface area (Å²) in [7, 11) is 3.26. The topological polar surface area (TPSA) is 59.1 Å². The van der Waals surface area contributed by atoms with E-state index < -0.39 is 0 Å². The number of amides is 2. The molecule has 0 aromatic heterocycles. The van der Waals surface area contributed by atoms with Crippen molar-refractivity contribution in [2.75, 3.05) is 27.3 Å². The third-order valence-electron chi connectivity index (χ3n) is 7.05. The van der Waals surface area contributed by atoms with Crippen molar-refractivity contribution >= 4 is 11.8 Å². The van der Waals surface area contributed by atoms with E-state index in [-0.39, 0.29) is 30.2 Å². The van der Waals surface area contributed by atoms with Crippen LogP contribution in [0.1, 0.15) is 34.7 Å². The third kappa shape index (κ3) is 4.48. The summed E-state index contributed by atoms with van der Waals surface area (Å²) in [6.07, 6.45) is 0.974. The zero-order chi connectivity index (χ0) is 24.4. The number of methoxy groups -OCH3 is 2. The summed E-state index contributed by atoms with van der Waals surface area (Å²) in [4.78, 5) is 30.5. The molecule has 5 rings (SSSR count). The average molecular weight is 471 g/mol. The van der Waals surface area contributed by atoms with Gasteiger partial charge in [-0.2, -0.15) is 0 Å². The lowest BCUT2D eigenvalue weighted by Gasteiger charge is -2.39. The van der Waals surface area contributed by atoms with Gasteiger partial charge in [0.05, 0.1) is 26.2 Å². The second kappa shape index (κ2) is 9.82. The quantitative estimate of drug-likeness (QED) is 0.541. The minimum atomic E-state index is -0.348. The van der Waals surface area contributed by atoms with Crippen molar-refractivity contribution in [3.05, 3.63) is 95.1 Å². The van der Waals surface area contributed by atoms with Crippen LogP contribution < -0.4 is 9.47 Å². The van der Waals surface area contributed by atoms with Gasteiger partial charge in [-0.15, -0.1) is 0 Å². The van der Waals surface area contributed by atoms with Crippen LogP contribution in [0.2, 0.25) is 0 Å². The molecule has 180 valence electrons. The first-order valence-electron chi connectivity index (χ1n) is 12.0. The Morgan fingerprint density at radius 3 is 2.29 bits per heavy atom. The summed E-state index contributed by atoms with van der Waals surface area (Å²) >= 11 is 0. The Morgan fingerprint density at radius 2 is 1.60 bits per heavy atom. The van der Waals surface area contributed by atoms with Crippen molar-refractivity contribution in [2.45, 2.75) is 25.4 Å². The van der Waals surface area contributed by atoms with Gasteiger partial charge in [0.25, 0.3) is 0 Å². The molecular formula is C29H30N2O4. The van der Waals surface area contributed by atoms with Gasteiger partial charge in [-0.1, -0.05) is 60.7 Å². The van der Waals surface area contributed by atoms with Gasteiger partial charge in [0.1, 0.15) is 0 Å². The van der Waals surface area contributed by atoms with Crippen LogP contribution in [0, 0.1) is 5.92 Å². The summed E-state index contributed by atoms with van der Waals surface area (Å²) in [6.45, 7) is 1.57. The fourth-order valence-electron chi connectivity index (χ4n) is 5.31. The fourth-order valence-corrected chi connectivity index (χ4v) is 5.31. The molecular weight excluding hydrogens is 440 g/mol. The summed E-state index contributed by atoms with van der Waals surface area (Å²) in [5.74, 6) is 1.05. The average Bonchev–Trinajstić information content (AvgIpc) is 3.27. The Morgan fingerprint density at radius 1 is 0.943 bits per heavy atom. The Balaban J connectivity index is 1.45. The van der Waals surface area contributed by atoms with Gasteiger partial charge in [-0.25, -0.2) is 0 Å². The summed E-state index contributed by atoms with van der Waals surface area (Å²) in [6, 6.07) is 23.8. The van der Waals surface area contributed by atoms with E-state index in [4.69, 9.17) is 9.47 Å². The van der Waals surface area contributed by atoms with Gasteiger partial charge in [0, 0.05) is 26.1 Å². The van der Waals surface area contributed by atoms with Crippen LogP contribution in [0.5, 0.6) is 11.5 Å². The van der Waals surface area contributed by atoms with E-state index in [1.54, 1.807) is 19.1 Å². The molecule has 0 bridgehead atoms. The van der Waals surface area contributed by atoms with Crippen LogP contribution in [0.3, 0.4) is 0 Å². The van der Waals surface area contributed by atoms with E-state index in [0.717, 1.165) is 28.7 Å². The van der Waals surface area contributed by atoms with E-state index >= 15 is 0 Å². The number of carbonyl (C=O) groups is 2. The Hall–Kier alpha value is -3.80. The lowest BCUT2D eigenvalue weighted by atomic mass is 9.86. The van der Waals surface area contributed by atoms with Crippen LogP contribution in [-0.4, -0.2) is 48.9 Å². The molecule has 1 saturated heterocycles. The summed E-state index contributed by atoms with van der Waals surface area (Å²) in [5.41, 5.74) is 4.30. The van der Waals surface area contributed by atoms with E-state index in [0.29, 0.717) is 31.1 Å². The minimum Gasteiger partial charge on any atom is -0.493 e. The zero-order valence-corrected chi connectivity index (χ0v) is 20.1. The van der Waals surface area contributed by atoms with Crippen molar-refractivity contribution in [3.8, 4) is 11.5 Å². The number of likely N-dealkylation sites (tertiary alicyclic amines) is 1. The first kappa shape index (κ1) is 23.0. The maximum atomic E-state index is 13.9. The van der Waals surface area contributed by atoms with Crippen LogP contribution in [0.25, 0.3) is 0 Å². The Kier molecular flexibility index (Phi) is 6.45. The highest BCUT2D eigenvalue weighted by Crippen LogP contribution is 2.42. The van der Waals surface area contributed by atoms with Crippen LogP contribution in [0.15, 0.2) is 72.8 Å². The smallest absolute Gasteiger partial charge is 0.228 e. The molecule has 2 unspecified atom stereocenters. The van der Waals surface area contributed by atoms with Crippen LogP contribution >= 0.6 is 0 Å². The molecule has 1 fully saturated rings. The zero-order valence-electron chi connectivity index (χ0n) is 20.1. The predicted molar refractivity (Wildman–Crippen MR) is 133 cm³/mol. The Labute approximate surface area is 206 Å². The number of nitrogens with zero attached hydrogens (tertiary/aromatic N) is 2. The number of benzene rings is 3. The van der Waals surface area contributed by atoms with Crippen LogP contribution in [0.4, 0.5) is 0 Å². The van der Waals surface area contributed by atoms with Crippen molar-refractivity contribution in [2.24, 2.45) is 5.92 Å². The van der Waals surface area contributed by atoms with Gasteiger partial charge < -0.3 is 19.3 Å². The molecule has 0 radical (unpaired) electrons. The number of carbonyl (C=O) groups excluding carboxylic acids is 2. The highest BCUT2D eigenvalue weighted by atomic mass is 16.5. The minimum absolute atomic E-state index is 0.0307. The molecule has 0 saturated carbocycles. The van der Waals surface area contributed by atoms with E-state index in [9.17, 15) is 9.59 Å². The maximum absolute atomic E-state index is 13.9. The molecule has 2 aliphatic heterocycles.